The second-order valence-electron chi connectivity index (χ2n) is 9.13. The number of amides is 1. The van der Waals surface area contributed by atoms with Crippen LogP contribution in [0.15, 0.2) is 54.9 Å². The van der Waals surface area contributed by atoms with Crippen molar-refractivity contribution in [1.29, 1.82) is 0 Å². The highest BCUT2D eigenvalue weighted by atomic mass is 16.6. The zero-order valence-electron chi connectivity index (χ0n) is 21.5. The van der Waals surface area contributed by atoms with Gasteiger partial charge in [-0.2, -0.15) is 10.2 Å². The van der Waals surface area contributed by atoms with Crippen LogP contribution in [0.1, 0.15) is 32.9 Å². The number of anilines is 1. The van der Waals surface area contributed by atoms with Gasteiger partial charge in [0.15, 0.2) is 11.3 Å². The maximum Gasteiger partial charge on any atom is 0.276 e. The Balaban J connectivity index is 1.47. The monoisotopic (exact) mass is 511 g/mol. The number of hydrogen-bond donors (Lipinski definition) is 1. The van der Waals surface area contributed by atoms with Crippen LogP contribution < -0.4 is 10.1 Å². The summed E-state index contributed by atoms with van der Waals surface area (Å²) in [5.74, 6) is 0.275. The fourth-order valence-electron chi connectivity index (χ4n) is 4.21. The second-order valence-corrected chi connectivity index (χ2v) is 9.13. The minimum atomic E-state index is -0.543. The Morgan fingerprint density at radius 3 is 2.58 bits per heavy atom. The third kappa shape index (κ3) is 4.57. The largest absolute Gasteiger partial charge is 0.457 e. The van der Waals surface area contributed by atoms with Crippen molar-refractivity contribution in [3.8, 4) is 22.8 Å². The maximum absolute atomic E-state index is 13.2. The molecule has 0 aliphatic rings. The fourth-order valence-corrected chi connectivity index (χ4v) is 4.21. The van der Waals surface area contributed by atoms with Crippen LogP contribution in [0.25, 0.3) is 16.9 Å². The topological polar surface area (TPSA) is 129 Å². The van der Waals surface area contributed by atoms with E-state index < -0.39 is 10.8 Å². The third-order valence-electron chi connectivity index (χ3n) is 6.45. The van der Waals surface area contributed by atoms with Crippen molar-refractivity contribution in [2.45, 2.75) is 27.7 Å². The van der Waals surface area contributed by atoms with Crippen molar-refractivity contribution < 1.29 is 14.5 Å². The highest BCUT2D eigenvalue weighted by Crippen LogP contribution is 2.33. The van der Waals surface area contributed by atoms with E-state index in [1.807, 2.05) is 46.9 Å². The number of rotatable bonds is 6. The van der Waals surface area contributed by atoms with Crippen LogP contribution in [0.3, 0.4) is 0 Å². The smallest absolute Gasteiger partial charge is 0.276 e. The maximum atomic E-state index is 13.2. The number of aromatic nitrogens is 5. The minimum absolute atomic E-state index is 0.102. The molecule has 5 aromatic rings. The lowest BCUT2D eigenvalue weighted by molar-refractivity contribution is -0.384. The van der Waals surface area contributed by atoms with Crippen LogP contribution in [-0.4, -0.2) is 35.2 Å². The van der Waals surface area contributed by atoms with Crippen LogP contribution >= 0.6 is 0 Å². The lowest BCUT2D eigenvalue weighted by Crippen LogP contribution is -2.13. The average molecular weight is 512 g/mol. The highest BCUT2D eigenvalue weighted by Gasteiger charge is 2.19. The summed E-state index contributed by atoms with van der Waals surface area (Å²) in [6, 6.07) is 11.4. The molecule has 0 saturated carbocycles. The van der Waals surface area contributed by atoms with Crippen LogP contribution in [0.4, 0.5) is 11.4 Å². The molecule has 1 amide bonds. The van der Waals surface area contributed by atoms with Crippen molar-refractivity contribution in [3.05, 3.63) is 93.1 Å². The number of carbonyl (C=O) groups is 1. The molecule has 0 fully saturated rings. The predicted octanol–water partition coefficient (Wildman–Crippen LogP) is 5.32. The first-order chi connectivity index (χ1) is 18.1. The molecule has 0 aliphatic carbocycles. The van der Waals surface area contributed by atoms with Crippen LogP contribution in [0.2, 0.25) is 0 Å². The number of carbonyl (C=O) groups excluding carboxylic acids is 1. The second kappa shape index (κ2) is 9.43. The molecule has 5 rings (SSSR count). The zero-order chi connectivity index (χ0) is 27.1. The van der Waals surface area contributed by atoms with Crippen molar-refractivity contribution in [1.82, 2.24) is 24.4 Å². The van der Waals surface area contributed by atoms with E-state index in [1.165, 1.54) is 12.1 Å². The Kier molecular flexibility index (Phi) is 6.11. The van der Waals surface area contributed by atoms with E-state index >= 15 is 0 Å². The molecule has 11 nitrogen and oxygen atoms in total. The molecule has 3 aromatic heterocycles. The van der Waals surface area contributed by atoms with Gasteiger partial charge in [0.2, 0.25) is 0 Å². The number of nitrogens with zero attached hydrogens (tertiary/aromatic N) is 6. The number of ether oxygens (including phenoxy) is 1. The number of nitrogens with one attached hydrogen (secondary N) is 1. The number of non-ortho nitro benzene ring substituents is 1. The molecule has 3 heterocycles. The van der Waals surface area contributed by atoms with E-state index in [4.69, 9.17) is 4.74 Å². The van der Waals surface area contributed by atoms with Crippen LogP contribution in [0, 0.1) is 37.8 Å². The first-order valence-electron chi connectivity index (χ1n) is 11.8. The van der Waals surface area contributed by atoms with Gasteiger partial charge in [-0.3, -0.25) is 19.6 Å². The summed E-state index contributed by atoms with van der Waals surface area (Å²) in [4.78, 5) is 28.6. The van der Waals surface area contributed by atoms with Crippen LogP contribution in [-0.2, 0) is 7.05 Å². The molecule has 0 unspecified atom stereocenters. The summed E-state index contributed by atoms with van der Waals surface area (Å²) >= 11 is 0. The molecule has 0 saturated heterocycles. The van der Waals surface area contributed by atoms with E-state index in [0.717, 1.165) is 33.6 Å². The molecule has 0 spiro atoms. The summed E-state index contributed by atoms with van der Waals surface area (Å²) < 4.78 is 9.35. The number of fused-ring (bicyclic) bond motifs is 1. The normalized spacial score (nSPS) is 11.1. The van der Waals surface area contributed by atoms with E-state index in [2.05, 4.69) is 20.5 Å². The fraction of sp³-hybridized carbons (Fsp3) is 0.185. The molecule has 0 aliphatic heterocycles. The predicted molar refractivity (Wildman–Crippen MR) is 142 cm³/mol. The molecule has 0 bridgehead atoms. The van der Waals surface area contributed by atoms with Gasteiger partial charge in [0.05, 0.1) is 28.6 Å². The molecule has 1 N–H and O–H groups in total. The Morgan fingerprint density at radius 1 is 1.08 bits per heavy atom. The number of hydrogen-bond acceptors (Lipinski definition) is 7. The van der Waals surface area contributed by atoms with Gasteiger partial charge >= 0.3 is 0 Å². The van der Waals surface area contributed by atoms with Crippen molar-refractivity contribution in [2.24, 2.45) is 7.05 Å². The Labute approximate surface area is 217 Å². The van der Waals surface area contributed by atoms with Gasteiger partial charge in [0, 0.05) is 42.7 Å². The van der Waals surface area contributed by atoms with E-state index in [1.54, 1.807) is 39.8 Å². The Hall–Kier alpha value is -5.06. The van der Waals surface area contributed by atoms with Crippen LogP contribution in [0.5, 0.6) is 11.5 Å². The summed E-state index contributed by atoms with van der Waals surface area (Å²) in [6.07, 6.45) is 3.37. The van der Waals surface area contributed by atoms with Gasteiger partial charge in [-0.15, -0.1) is 0 Å². The molecule has 192 valence electrons. The van der Waals surface area contributed by atoms with E-state index in [-0.39, 0.29) is 22.8 Å². The van der Waals surface area contributed by atoms with E-state index in [9.17, 15) is 14.9 Å². The number of benzene rings is 2. The molecule has 2 aromatic carbocycles. The summed E-state index contributed by atoms with van der Waals surface area (Å²) in [7, 11) is 1.84. The van der Waals surface area contributed by atoms with Gasteiger partial charge in [-0.05, 0) is 56.5 Å². The molecular weight excluding hydrogens is 486 g/mol. The Morgan fingerprint density at radius 2 is 1.87 bits per heavy atom. The van der Waals surface area contributed by atoms with Gasteiger partial charge in [0.25, 0.3) is 11.6 Å². The SMILES string of the molecule is Cc1cc(C)c(C)c(Oc2cc(NC(=O)c3cc4nccc(-c5cnn(C)c5C)n4n3)cc([N+](=O)[O-])c2)c1. The minimum Gasteiger partial charge on any atom is -0.457 e. The number of nitro groups is 1. The van der Waals surface area contributed by atoms with Gasteiger partial charge < -0.3 is 10.1 Å². The lowest BCUT2D eigenvalue weighted by atomic mass is 10.1. The molecule has 0 radical (unpaired) electrons. The number of aryl methyl sites for hydroxylation is 3. The summed E-state index contributed by atoms with van der Waals surface area (Å²) in [6.45, 7) is 7.78. The van der Waals surface area contributed by atoms with E-state index in [0.29, 0.717) is 11.4 Å². The highest BCUT2D eigenvalue weighted by molar-refractivity contribution is 6.03. The standard InChI is InChI=1S/C27H25N7O4/c1-15-8-16(2)17(3)25(9-15)38-21-11-19(10-20(12-21)34(36)37)30-27(35)23-13-26-28-7-6-24(33(26)31-23)22-14-29-32(5)18(22)4/h6-14H,1-5H3,(H,30,35). The van der Waals surface area contributed by atoms with Gasteiger partial charge in [-0.1, -0.05) is 6.07 Å². The van der Waals surface area contributed by atoms with Gasteiger partial charge in [0.1, 0.15) is 11.5 Å². The summed E-state index contributed by atoms with van der Waals surface area (Å²) in [5.41, 5.74) is 6.05. The van der Waals surface area contributed by atoms with Crippen molar-refractivity contribution in [3.63, 3.8) is 0 Å². The lowest BCUT2D eigenvalue weighted by Gasteiger charge is -2.13. The summed E-state index contributed by atoms with van der Waals surface area (Å²) in [5, 5.41) is 23.1. The first-order valence-corrected chi connectivity index (χ1v) is 11.8. The zero-order valence-corrected chi connectivity index (χ0v) is 21.5. The average Bonchev–Trinajstić information content (AvgIpc) is 3.45. The molecule has 38 heavy (non-hydrogen) atoms. The first kappa shape index (κ1) is 24.6. The van der Waals surface area contributed by atoms with Gasteiger partial charge in [-0.25, -0.2) is 9.50 Å². The molecular formula is C27H25N7O4. The number of nitro benzene ring substituents is 1. The van der Waals surface area contributed by atoms with Crippen molar-refractivity contribution >= 4 is 22.9 Å². The quantitative estimate of drug-likeness (QED) is 0.241. The molecule has 0 atom stereocenters. The third-order valence-corrected chi connectivity index (χ3v) is 6.45. The molecule has 11 heteroatoms. The van der Waals surface area contributed by atoms with Crippen molar-refractivity contribution in [2.75, 3.05) is 5.32 Å². The Bertz CT molecular complexity index is 1740.